The van der Waals surface area contributed by atoms with Crippen LogP contribution in [0.4, 0.5) is 0 Å². The Bertz CT molecular complexity index is 56.3. The molecule has 0 rings (SSSR count). The first-order chi connectivity index (χ1) is 4.31. The van der Waals surface area contributed by atoms with Gasteiger partial charge < -0.3 is 14.6 Å². The summed E-state index contributed by atoms with van der Waals surface area (Å²) in [5.41, 5.74) is 0. The molecular formula is C6H14O3. The number of hydrogen-bond acceptors (Lipinski definition) is 3. The zero-order chi connectivity index (χ0) is 7.11. The van der Waals surface area contributed by atoms with Crippen molar-refractivity contribution in [3.8, 4) is 0 Å². The molecule has 0 bridgehead atoms. The fourth-order valence-electron chi connectivity index (χ4n) is 0.477. The number of aliphatic hydroxyl groups excluding tert-OH is 1. The lowest BCUT2D eigenvalue weighted by atomic mass is 10.3. The van der Waals surface area contributed by atoms with E-state index in [0.717, 1.165) is 6.42 Å². The molecule has 3 heteroatoms. The Balaban J connectivity index is 2.95. The Labute approximate surface area is 55.6 Å². The molecule has 0 saturated carbocycles. The van der Waals surface area contributed by atoms with Crippen LogP contribution in [0.5, 0.6) is 0 Å². The van der Waals surface area contributed by atoms with Gasteiger partial charge in [-0.15, -0.1) is 0 Å². The van der Waals surface area contributed by atoms with Crippen LogP contribution in [-0.2, 0) is 9.47 Å². The van der Waals surface area contributed by atoms with Crippen molar-refractivity contribution in [3.63, 3.8) is 0 Å². The lowest BCUT2D eigenvalue weighted by molar-refractivity contribution is -0.163. The maximum absolute atomic E-state index is 8.88. The third-order valence-electron chi connectivity index (χ3n) is 0.914. The molecule has 0 aliphatic carbocycles. The van der Waals surface area contributed by atoms with Gasteiger partial charge >= 0.3 is 0 Å². The number of rotatable bonds is 5. The maximum Gasteiger partial charge on any atom is 0.157 e. The van der Waals surface area contributed by atoms with Gasteiger partial charge in [0, 0.05) is 7.11 Å². The van der Waals surface area contributed by atoms with Gasteiger partial charge in [-0.3, -0.25) is 0 Å². The Hall–Kier alpha value is -0.120. The van der Waals surface area contributed by atoms with E-state index >= 15 is 0 Å². The Kier molecular flexibility index (Phi) is 5.93. The standard InChI is InChI=1S/C6H14O3/c1-3-4-6(7)9-5-8-2/h6-7H,3-5H2,1-2H3. The summed E-state index contributed by atoms with van der Waals surface area (Å²) in [6.45, 7) is 2.15. The average molecular weight is 134 g/mol. The van der Waals surface area contributed by atoms with Crippen LogP contribution < -0.4 is 0 Å². The molecule has 0 aromatic heterocycles. The van der Waals surface area contributed by atoms with Crippen LogP contribution in [0.15, 0.2) is 0 Å². The maximum atomic E-state index is 8.88. The van der Waals surface area contributed by atoms with Crippen molar-refractivity contribution in [2.75, 3.05) is 13.9 Å². The van der Waals surface area contributed by atoms with Gasteiger partial charge in [-0.1, -0.05) is 13.3 Å². The molecule has 1 unspecified atom stereocenters. The van der Waals surface area contributed by atoms with Gasteiger partial charge in [0.15, 0.2) is 6.29 Å². The molecule has 0 amide bonds. The van der Waals surface area contributed by atoms with Crippen LogP contribution in [0.1, 0.15) is 19.8 Å². The van der Waals surface area contributed by atoms with Crippen LogP contribution in [0, 0.1) is 0 Å². The second-order valence-electron chi connectivity index (χ2n) is 1.82. The summed E-state index contributed by atoms with van der Waals surface area (Å²) in [7, 11) is 1.53. The second-order valence-corrected chi connectivity index (χ2v) is 1.82. The summed E-state index contributed by atoms with van der Waals surface area (Å²) < 4.78 is 9.34. The lowest BCUT2D eigenvalue weighted by Crippen LogP contribution is -2.12. The van der Waals surface area contributed by atoms with Gasteiger partial charge in [0.2, 0.25) is 0 Å². The number of aliphatic hydroxyl groups is 1. The minimum absolute atomic E-state index is 0.168. The van der Waals surface area contributed by atoms with E-state index in [9.17, 15) is 0 Å². The van der Waals surface area contributed by atoms with E-state index < -0.39 is 6.29 Å². The van der Waals surface area contributed by atoms with Gasteiger partial charge in [0.25, 0.3) is 0 Å². The smallest absolute Gasteiger partial charge is 0.157 e. The highest BCUT2D eigenvalue weighted by atomic mass is 16.7. The topological polar surface area (TPSA) is 38.7 Å². The molecular weight excluding hydrogens is 120 g/mol. The van der Waals surface area contributed by atoms with Crippen molar-refractivity contribution in [3.05, 3.63) is 0 Å². The zero-order valence-corrected chi connectivity index (χ0v) is 5.96. The van der Waals surface area contributed by atoms with Crippen molar-refractivity contribution < 1.29 is 14.6 Å². The van der Waals surface area contributed by atoms with E-state index in [4.69, 9.17) is 9.84 Å². The molecule has 0 aliphatic heterocycles. The highest BCUT2D eigenvalue weighted by Gasteiger charge is 1.99. The summed E-state index contributed by atoms with van der Waals surface area (Å²) in [5.74, 6) is 0. The third kappa shape index (κ3) is 5.76. The highest BCUT2D eigenvalue weighted by Crippen LogP contribution is 1.96. The van der Waals surface area contributed by atoms with Crippen molar-refractivity contribution >= 4 is 0 Å². The summed E-state index contributed by atoms with van der Waals surface area (Å²) in [6.07, 6.45) is 0.934. The fourth-order valence-corrected chi connectivity index (χ4v) is 0.477. The Morgan fingerprint density at radius 3 is 2.67 bits per heavy atom. The van der Waals surface area contributed by atoms with Crippen molar-refractivity contribution in [2.24, 2.45) is 0 Å². The molecule has 0 aliphatic rings. The molecule has 0 aromatic rings. The number of ether oxygens (including phenoxy) is 2. The van der Waals surface area contributed by atoms with E-state index in [1.165, 1.54) is 7.11 Å². The molecule has 1 N–H and O–H groups in total. The monoisotopic (exact) mass is 134 g/mol. The van der Waals surface area contributed by atoms with Gasteiger partial charge in [-0.25, -0.2) is 0 Å². The van der Waals surface area contributed by atoms with Crippen LogP contribution in [0.3, 0.4) is 0 Å². The van der Waals surface area contributed by atoms with E-state index in [1.54, 1.807) is 0 Å². The summed E-state index contributed by atoms with van der Waals surface area (Å²) in [4.78, 5) is 0. The van der Waals surface area contributed by atoms with Crippen LogP contribution in [-0.4, -0.2) is 25.3 Å². The van der Waals surface area contributed by atoms with Crippen LogP contribution in [0.25, 0.3) is 0 Å². The second kappa shape index (κ2) is 6.01. The molecule has 0 fully saturated rings. The zero-order valence-electron chi connectivity index (χ0n) is 5.96. The first-order valence-corrected chi connectivity index (χ1v) is 3.09. The predicted octanol–water partition coefficient (Wildman–Crippen LogP) is 0.725. The molecule has 0 radical (unpaired) electrons. The van der Waals surface area contributed by atoms with E-state index in [0.29, 0.717) is 6.42 Å². The van der Waals surface area contributed by atoms with Crippen molar-refractivity contribution in [1.82, 2.24) is 0 Å². The van der Waals surface area contributed by atoms with E-state index in [2.05, 4.69) is 4.74 Å². The van der Waals surface area contributed by atoms with Crippen molar-refractivity contribution in [1.29, 1.82) is 0 Å². The summed E-state index contributed by atoms with van der Waals surface area (Å²) in [5, 5.41) is 8.88. The largest absolute Gasteiger partial charge is 0.368 e. The molecule has 0 aromatic carbocycles. The fraction of sp³-hybridized carbons (Fsp3) is 1.00. The minimum atomic E-state index is -0.657. The number of methoxy groups -OCH3 is 1. The lowest BCUT2D eigenvalue weighted by Gasteiger charge is -2.08. The van der Waals surface area contributed by atoms with Gasteiger partial charge in [0.05, 0.1) is 0 Å². The predicted molar refractivity (Wildman–Crippen MR) is 33.9 cm³/mol. The quantitative estimate of drug-likeness (QED) is 0.563. The molecule has 9 heavy (non-hydrogen) atoms. The first kappa shape index (κ1) is 8.88. The van der Waals surface area contributed by atoms with Gasteiger partial charge in [-0.2, -0.15) is 0 Å². The summed E-state index contributed by atoms with van der Waals surface area (Å²) in [6, 6.07) is 0. The van der Waals surface area contributed by atoms with Crippen molar-refractivity contribution in [2.45, 2.75) is 26.1 Å². The molecule has 0 spiro atoms. The Morgan fingerprint density at radius 1 is 1.56 bits per heavy atom. The normalized spacial score (nSPS) is 13.7. The molecule has 0 saturated heterocycles. The minimum Gasteiger partial charge on any atom is -0.368 e. The molecule has 56 valence electrons. The first-order valence-electron chi connectivity index (χ1n) is 3.09. The van der Waals surface area contributed by atoms with Crippen LogP contribution in [0.2, 0.25) is 0 Å². The van der Waals surface area contributed by atoms with Gasteiger partial charge in [0.1, 0.15) is 6.79 Å². The molecule has 1 atom stereocenters. The molecule has 3 nitrogen and oxygen atoms in total. The third-order valence-corrected chi connectivity index (χ3v) is 0.914. The Morgan fingerprint density at radius 2 is 2.22 bits per heavy atom. The molecule has 0 heterocycles. The van der Waals surface area contributed by atoms with Gasteiger partial charge in [-0.05, 0) is 6.42 Å². The highest BCUT2D eigenvalue weighted by molar-refractivity contribution is 4.35. The van der Waals surface area contributed by atoms with E-state index in [-0.39, 0.29) is 6.79 Å². The van der Waals surface area contributed by atoms with E-state index in [1.807, 2.05) is 6.92 Å². The SMILES string of the molecule is CCCC(O)OCOC. The summed E-state index contributed by atoms with van der Waals surface area (Å²) >= 11 is 0. The average Bonchev–Trinajstić information content (AvgIpc) is 1.85. The van der Waals surface area contributed by atoms with Crippen LogP contribution >= 0.6 is 0 Å². The number of hydrogen-bond donors (Lipinski definition) is 1.